The quantitative estimate of drug-likeness (QED) is 0.848. The molecule has 1 N–H and O–H groups in total. The number of hydrogen-bond acceptors (Lipinski definition) is 3. The number of nitrogens with one attached hydrogen (secondary N) is 1. The van der Waals surface area contributed by atoms with Crippen molar-refractivity contribution in [2.24, 2.45) is 5.92 Å². The minimum Gasteiger partial charge on any atom is -0.381 e. The highest BCUT2D eigenvalue weighted by Gasteiger charge is 2.21. The molecule has 0 aliphatic carbocycles. The second-order valence-electron chi connectivity index (χ2n) is 3.72. The molecule has 0 unspecified atom stereocenters. The van der Waals surface area contributed by atoms with Gasteiger partial charge in [-0.3, -0.25) is 4.79 Å². The van der Waals surface area contributed by atoms with E-state index in [0.29, 0.717) is 17.8 Å². The van der Waals surface area contributed by atoms with Crippen LogP contribution in [0.4, 0.5) is 5.69 Å². The number of pyridine rings is 1. The van der Waals surface area contributed by atoms with Gasteiger partial charge in [0, 0.05) is 25.3 Å². The van der Waals surface area contributed by atoms with E-state index in [9.17, 15) is 4.79 Å². The van der Waals surface area contributed by atoms with Gasteiger partial charge in [0.05, 0.1) is 5.69 Å². The Balaban J connectivity index is 1.99. The lowest BCUT2D eigenvalue weighted by atomic mass is 9.99. The first-order valence-electron chi connectivity index (χ1n) is 5.26. The Morgan fingerprint density at radius 1 is 1.50 bits per heavy atom. The molecule has 16 heavy (non-hydrogen) atoms. The number of carbonyl (C=O) groups is 1. The highest BCUT2D eigenvalue weighted by molar-refractivity contribution is 9.10. The molecule has 4 nitrogen and oxygen atoms in total. The van der Waals surface area contributed by atoms with Gasteiger partial charge in [0.1, 0.15) is 4.60 Å². The largest absolute Gasteiger partial charge is 0.381 e. The lowest BCUT2D eigenvalue weighted by Gasteiger charge is -2.21. The molecule has 1 aromatic heterocycles. The van der Waals surface area contributed by atoms with Gasteiger partial charge in [0.15, 0.2) is 0 Å². The van der Waals surface area contributed by atoms with Gasteiger partial charge in [-0.1, -0.05) is 0 Å². The van der Waals surface area contributed by atoms with Crippen LogP contribution in [-0.4, -0.2) is 24.1 Å². The fourth-order valence-corrected chi connectivity index (χ4v) is 2.02. The van der Waals surface area contributed by atoms with Crippen molar-refractivity contribution in [2.75, 3.05) is 18.5 Å². The van der Waals surface area contributed by atoms with Gasteiger partial charge in [0.2, 0.25) is 5.91 Å². The summed E-state index contributed by atoms with van der Waals surface area (Å²) in [7, 11) is 0. The standard InChI is InChI=1S/C11H13BrN2O2/c12-10-9(2-1-5-13-10)14-11(15)8-3-6-16-7-4-8/h1-2,5,8H,3-4,6-7H2,(H,14,15). The average Bonchev–Trinajstić information content (AvgIpc) is 2.33. The fourth-order valence-electron chi connectivity index (χ4n) is 1.67. The van der Waals surface area contributed by atoms with E-state index >= 15 is 0 Å². The summed E-state index contributed by atoms with van der Waals surface area (Å²) in [5, 5.41) is 2.88. The zero-order chi connectivity index (χ0) is 11.4. The van der Waals surface area contributed by atoms with E-state index in [1.165, 1.54) is 0 Å². The summed E-state index contributed by atoms with van der Waals surface area (Å²) in [4.78, 5) is 16.0. The second-order valence-corrected chi connectivity index (χ2v) is 4.47. The number of halogens is 1. The van der Waals surface area contributed by atoms with Crippen molar-refractivity contribution in [3.05, 3.63) is 22.9 Å². The summed E-state index contributed by atoms with van der Waals surface area (Å²) in [6, 6.07) is 3.62. The molecule has 0 radical (unpaired) electrons. The van der Waals surface area contributed by atoms with E-state index < -0.39 is 0 Å². The molecule has 0 atom stereocenters. The van der Waals surface area contributed by atoms with Crippen LogP contribution in [0.1, 0.15) is 12.8 Å². The number of rotatable bonds is 2. The zero-order valence-electron chi connectivity index (χ0n) is 8.78. The Morgan fingerprint density at radius 2 is 2.25 bits per heavy atom. The van der Waals surface area contributed by atoms with Gasteiger partial charge < -0.3 is 10.1 Å². The van der Waals surface area contributed by atoms with E-state index in [4.69, 9.17) is 4.74 Å². The first-order valence-corrected chi connectivity index (χ1v) is 6.06. The van der Waals surface area contributed by atoms with Gasteiger partial charge in [-0.25, -0.2) is 4.98 Å². The molecular formula is C11H13BrN2O2. The van der Waals surface area contributed by atoms with E-state index in [0.717, 1.165) is 18.5 Å². The fraction of sp³-hybridized carbons (Fsp3) is 0.455. The number of nitrogens with zero attached hydrogens (tertiary/aromatic N) is 1. The molecule has 1 aromatic rings. The van der Waals surface area contributed by atoms with Crippen LogP contribution >= 0.6 is 15.9 Å². The summed E-state index contributed by atoms with van der Waals surface area (Å²) in [6.45, 7) is 1.35. The topological polar surface area (TPSA) is 51.2 Å². The van der Waals surface area contributed by atoms with Gasteiger partial charge in [-0.05, 0) is 40.9 Å². The van der Waals surface area contributed by atoms with Crippen LogP contribution in [0.15, 0.2) is 22.9 Å². The molecule has 2 rings (SSSR count). The van der Waals surface area contributed by atoms with Crippen LogP contribution in [0, 0.1) is 5.92 Å². The van der Waals surface area contributed by atoms with Crippen LogP contribution in [-0.2, 0) is 9.53 Å². The van der Waals surface area contributed by atoms with Crippen LogP contribution in [0.5, 0.6) is 0 Å². The predicted octanol–water partition coefficient (Wildman–Crippen LogP) is 2.21. The molecular weight excluding hydrogens is 272 g/mol. The molecule has 1 aliphatic rings. The Morgan fingerprint density at radius 3 is 2.94 bits per heavy atom. The first-order chi connectivity index (χ1) is 7.77. The molecule has 0 saturated carbocycles. The summed E-state index contributed by atoms with van der Waals surface area (Å²) >= 11 is 3.30. The van der Waals surface area contributed by atoms with Crippen molar-refractivity contribution in [1.29, 1.82) is 0 Å². The minimum atomic E-state index is 0.0528. The van der Waals surface area contributed by atoms with E-state index in [2.05, 4.69) is 26.2 Å². The number of hydrogen-bond donors (Lipinski definition) is 1. The molecule has 86 valence electrons. The van der Waals surface area contributed by atoms with Gasteiger partial charge in [0.25, 0.3) is 0 Å². The van der Waals surface area contributed by atoms with Crippen LogP contribution < -0.4 is 5.32 Å². The summed E-state index contributed by atoms with van der Waals surface area (Å²) in [5.41, 5.74) is 0.721. The van der Waals surface area contributed by atoms with Gasteiger partial charge >= 0.3 is 0 Å². The van der Waals surface area contributed by atoms with Gasteiger partial charge in [-0.2, -0.15) is 0 Å². The highest BCUT2D eigenvalue weighted by Crippen LogP contribution is 2.21. The van der Waals surface area contributed by atoms with Crippen molar-refractivity contribution in [1.82, 2.24) is 4.98 Å². The van der Waals surface area contributed by atoms with E-state index in [-0.39, 0.29) is 11.8 Å². The maximum atomic E-state index is 11.9. The third kappa shape index (κ3) is 2.80. The molecule has 1 aliphatic heterocycles. The third-order valence-electron chi connectivity index (χ3n) is 2.61. The maximum absolute atomic E-state index is 11.9. The van der Waals surface area contributed by atoms with Crippen LogP contribution in [0.25, 0.3) is 0 Å². The van der Waals surface area contributed by atoms with Crippen molar-refractivity contribution >= 4 is 27.5 Å². The maximum Gasteiger partial charge on any atom is 0.227 e. The van der Waals surface area contributed by atoms with Crippen LogP contribution in [0.3, 0.4) is 0 Å². The van der Waals surface area contributed by atoms with E-state index in [1.54, 1.807) is 12.3 Å². The Kier molecular flexibility index (Phi) is 3.90. The summed E-state index contributed by atoms with van der Waals surface area (Å²) in [6.07, 6.45) is 3.27. The minimum absolute atomic E-state index is 0.0528. The lowest BCUT2D eigenvalue weighted by molar-refractivity contribution is -0.122. The number of aromatic nitrogens is 1. The Hall–Kier alpha value is -0.940. The molecule has 0 bridgehead atoms. The smallest absolute Gasteiger partial charge is 0.227 e. The second kappa shape index (κ2) is 5.41. The van der Waals surface area contributed by atoms with E-state index in [1.807, 2.05) is 6.07 Å². The summed E-state index contributed by atoms with van der Waals surface area (Å²) in [5.74, 6) is 0.109. The highest BCUT2D eigenvalue weighted by atomic mass is 79.9. The Labute approximate surface area is 103 Å². The van der Waals surface area contributed by atoms with Crippen molar-refractivity contribution in [3.8, 4) is 0 Å². The number of carbonyl (C=O) groups excluding carboxylic acids is 1. The Bertz CT molecular complexity index is 378. The third-order valence-corrected chi connectivity index (χ3v) is 3.24. The normalized spacial score (nSPS) is 17.1. The lowest BCUT2D eigenvalue weighted by Crippen LogP contribution is -2.28. The molecule has 1 amide bonds. The SMILES string of the molecule is O=C(Nc1cccnc1Br)C1CCOCC1. The summed E-state index contributed by atoms with van der Waals surface area (Å²) < 4.78 is 5.88. The monoisotopic (exact) mass is 284 g/mol. The first kappa shape index (κ1) is 11.5. The van der Waals surface area contributed by atoms with Crippen molar-refractivity contribution < 1.29 is 9.53 Å². The molecule has 5 heteroatoms. The van der Waals surface area contributed by atoms with Crippen molar-refractivity contribution in [3.63, 3.8) is 0 Å². The molecule has 1 fully saturated rings. The molecule has 2 heterocycles. The zero-order valence-corrected chi connectivity index (χ0v) is 10.4. The van der Waals surface area contributed by atoms with Gasteiger partial charge in [-0.15, -0.1) is 0 Å². The number of amides is 1. The average molecular weight is 285 g/mol. The number of ether oxygens (including phenoxy) is 1. The van der Waals surface area contributed by atoms with Crippen LogP contribution in [0.2, 0.25) is 0 Å². The molecule has 0 spiro atoms. The van der Waals surface area contributed by atoms with Crippen molar-refractivity contribution in [2.45, 2.75) is 12.8 Å². The predicted molar refractivity (Wildman–Crippen MR) is 64.1 cm³/mol. The molecule has 1 saturated heterocycles. The number of anilines is 1. The molecule has 0 aromatic carbocycles.